The van der Waals surface area contributed by atoms with E-state index in [4.69, 9.17) is 0 Å². The third kappa shape index (κ3) is 3.70. The van der Waals surface area contributed by atoms with E-state index in [1.165, 1.54) is 0 Å². The Morgan fingerprint density at radius 2 is 1.41 bits per heavy atom. The standard InChI is InChI=1S/C20H24O2/c1-4-5-6-7-18(16-8-10-19(21)14(2)12-16)17-9-11-20(22)15(3)13-17/h7-13,21-22H,4-6H2,1-3H3. The molecule has 22 heavy (non-hydrogen) atoms. The Hall–Kier alpha value is -2.22. The van der Waals surface area contributed by atoms with Crippen LogP contribution in [0.3, 0.4) is 0 Å². The van der Waals surface area contributed by atoms with Crippen molar-refractivity contribution in [3.63, 3.8) is 0 Å². The molecule has 0 heterocycles. The molecule has 0 radical (unpaired) electrons. The van der Waals surface area contributed by atoms with E-state index >= 15 is 0 Å². The SMILES string of the molecule is CCCCC=C(c1ccc(O)c(C)c1)c1ccc(O)c(C)c1. The monoisotopic (exact) mass is 296 g/mol. The van der Waals surface area contributed by atoms with Crippen molar-refractivity contribution in [2.75, 3.05) is 0 Å². The zero-order valence-electron chi connectivity index (χ0n) is 13.6. The highest BCUT2D eigenvalue weighted by molar-refractivity contribution is 5.81. The van der Waals surface area contributed by atoms with Gasteiger partial charge in [0.1, 0.15) is 11.5 Å². The third-order valence-electron chi connectivity index (χ3n) is 3.92. The van der Waals surface area contributed by atoms with E-state index in [1.54, 1.807) is 12.1 Å². The predicted octanol–water partition coefficient (Wildman–Crippen LogP) is 5.34. The van der Waals surface area contributed by atoms with Gasteiger partial charge in [0, 0.05) is 0 Å². The number of hydrogen-bond donors (Lipinski definition) is 2. The van der Waals surface area contributed by atoms with Gasteiger partial charge in [-0.3, -0.25) is 0 Å². The fourth-order valence-electron chi connectivity index (χ4n) is 2.50. The van der Waals surface area contributed by atoms with Crippen molar-refractivity contribution in [3.05, 3.63) is 64.7 Å². The first-order valence-corrected chi connectivity index (χ1v) is 7.83. The Kier molecular flexibility index (Phi) is 5.26. The molecule has 0 fully saturated rings. The summed E-state index contributed by atoms with van der Waals surface area (Å²) < 4.78 is 0. The number of rotatable bonds is 5. The largest absolute Gasteiger partial charge is 0.508 e. The maximum Gasteiger partial charge on any atom is 0.118 e. The van der Waals surface area contributed by atoms with Crippen LogP contribution in [0.25, 0.3) is 5.57 Å². The number of aryl methyl sites for hydroxylation is 2. The lowest BCUT2D eigenvalue weighted by molar-refractivity contribution is 0.470. The molecule has 0 aliphatic heterocycles. The second-order valence-electron chi connectivity index (χ2n) is 5.76. The summed E-state index contributed by atoms with van der Waals surface area (Å²) in [6.45, 7) is 6.00. The van der Waals surface area contributed by atoms with Gasteiger partial charge < -0.3 is 10.2 Å². The fraction of sp³-hybridized carbons (Fsp3) is 0.300. The zero-order valence-corrected chi connectivity index (χ0v) is 13.6. The van der Waals surface area contributed by atoms with Gasteiger partial charge in [-0.05, 0) is 72.4 Å². The number of benzene rings is 2. The summed E-state index contributed by atoms with van der Waals surface area (Å²) in [7, 11) is 0. The molecule has 0 aliphatic rings. The lowest BCUT2D eigenvalue weighted by Crippen LogP contribution is -1.91. The summed E-state index contributed by atoms with van der Waals surface area (Å²) >= 11 is 0. The van der Waals surface area contributed by atoms with Gasteiger partial charge in [0.15, 0.2) is 0 Å². The van der Waals surface area contributed by atoms with Crippen molar-refractivity contribution in [1.82, 2.24) is 0 Å². The molecule has 0 saturated heterocycles. The minimum atomic E-state index is 0.318. The molecule has 2 aromatic carbocycles. The van der Waals surface area contributed by atoms with Crippen LogP contribution in [0.15, 0.2) is 42.5 Å². The second kappa shape index (κ2) is 7.17. The molecule has 0 aliphatic carbocycles. The van der Waals surface area contributed by atoms with E-state index in [0.717, 1.165) is 47.1 Å². The van der Waals surface area contributed by atoms with E-state index in [9.17, 15) is 10.2 Å². The van der Waals surface area contributed by atoms with Crippen molar-refractivity contribution in [2.24, 2.45) is 0 Å². The van der Waals surface area contributed by atoms with Gasteiger partial charge in [-0.1, -0.05) is 38.0 Å². The lowest BCUT2D eigenvalue weighted by atomic mass is 9.94. The van der Waals surface area contributed by atoms with Crippen molar-refractivity contribution in [2.45, 2.75) is 40.0 Å². The van der Waals surface area contributed by atoms with Gasteiger partial charge in [0.25, 0.3) is 0 Å². The van der Waals surface area contributed by atoms with E-state index in [2.05, 4.69) is 13.0 Å². The molecule has 0 amide bonds. The van der Waals surface area contributed by atoms with Gasteiger partial charge in [0.2, 0.25) is 0 Å². The van der Waals surface area contributed by atoms with E-state index in [1.807, 2.05) is 38.1 Å². The number of allylic oxidation sites excluding steroid dienone is 1. The van der Waals surface area contributed by atoms with Crippen LogP contribution >= 0.6 is 0 Å². The van der Waals surface area contributed by atoms with Gasteiger partial charge in [-0.2, -0.15) is 0 Å². The van der Waals surface area contributed by atoms with Crippen LogP contribution in [0.5, 0.6) is 11.5 Å². The molecule has 0 atom stereocenters. The maximum atomic E-state index is 9.74. The molecule has 0 spiro atoms. The highest BCUT2D eigenvalue weighted by atomic mass is 16.3. The predicted molar refractivity (Wildman–Crippen MR) is 92.3 cm³/mol. The summed E-state index contributed by atoms with van der Waals surface area (Å²) in [5.41, 5.74) is 5.08. The molecular formula is C20H24O2. The molecule has 0 bridgehead atoms. The smallest absolute Gasteiger partial charge is 0.118 e. The Labute approximate surface area is 132 Å². The summed E-state index contributed by atoms with van der Waals surface area (Å²) in [4.78, 5) is 0. The average Bonchev–Trinajstić information content (AvgIpc) is 2.50. The second-order valence-corrected chi connectivity index (χ2v) is 5.76. The van der Waals surface area contributed by atoms with Gasteiger partial charge >= 0.3 is 0 Å². The van der Waals surface area contributed by atoms with Gasteiger partial charge in [0.05, 0.1) is 0 Å². The highest BCUT2D eigenvalue weighted by Gasteiger charge is 2.08. The average molecular weight is 296 g/mol. The zero-order chi connectivity index (χ0) is 16.1. The molecule has 2 aromatic rings. The molecule has 2 N–H and O–H groups in total. The minimum Gasteiger partial charge on any atom is -0.508 e. The van der Waals surface area contributed by atoms with Gasteiger partial charge in [-0.25, -0.2) is 0 Å². The maximum absolute atomic E-state index is 9.74. The molecule has 2 nitrogen and oxygen atoms in total. The number of phenols is 2. The number of aromatic hydroxyl groups is 2. The summed E-state index contributed by atoms with van der Waals surface area (Å²) in [5, 5.41) is 19.5. The molecule has 0 aromatic heterocycles. The number of unbranched alkanes of at least 4 members (excludes halogenated alkanes) is 2. The Morgan fingerprint density at radius 3 is 1.82 bits per heavy atom. The van der Waals surface area contributed by atoms with Crippen LogP contribution in [0.1, 0.15) is 48.4 Å². The Balaban J connectivity index is 2.47. The third-order valence-corrected chi connectivity index (χ3v) is 3.92. The molecule has 0 unspecified atom stereocenters. The van der Waals surface area contributed by atoms with Gasteiger partial charge in [-0.15, -0.1) is 0 Å². The van der Waals surface area contributed by atoms with Crippen molar-refractivity contribution >= 4 is 5.57 Å². The number of hydrogen-bond acceptors (Lipinski definition) is 2. The van der Waals surface area contributed by atoms with E-state index in [0.29, 0.717) is 11.5 Å². The van der Waals surface area contributed by atoms with Crippen LogP contribution in [0.4, 0.5) is 0 Å². The summed E-state index contributed by atoms with van der Waals surface area (Å²) in [5.74, 6) is 0.636. The molecule has 116 valence electrons. The van der Waals surface area contributed by atoms with Crippen LogP contribution in [-0.2, 0) is 0 Å². The number of phenolic OH excluding ortho intramolecular Hbond substituents is 2. The highest BCUT2D eigenvalue weighted by Crippen LogP contribution is 2.30. The molecular weight excluding hydrogens is 272 g/mol. The van der Waals surface area contributed by atoms with Crippen LogP contribution < -0.4 is 0 Å². The van der Waals surface area contributed by atoms with Crippen LogP contribution in [-0.4, -0.2) is 10.2 Å². The normalized spacial score (nSPS) is 10.5. The topological polar surface area (TPSA) is 40.5 Å². The summed E-state index contributed by atoms with van der Waals surface area (Å²) in [6, 6.07) is 11.4. The van der Waals surface area contributed by atoms with E-state index in [-0.39, 0.29) is 0 Å². The molecule has 2 rings (SSSR count). The van der Waals surface area contributed by atoms with Crippen LogP contribution in [0.2, 0.25) is 0 Å². The first-order valence-electron chi connectivity index (χ1n) is 7.83. The molecule has 2 heteroatoms. The molecule has 0 saturated carbocycles. The van der Waals surface area contributed by atoms with Crippen molar-refractivity contribution in [1.29, 1.82) is 0 Å². The van der Waals surface area contributed by atoms with Crippen molar-refractivity contribution in [3.8, 4) is 11.5 Å². The minimum absolute atomic E-state index is 0.318. The quantitative estimate of drug-likeness (QED) is 0.731. The van der Waals surface area contributed by atoms with Crippen molar-refractivity contribution < 1.29 is 10.2 Å². The Bertz CT molecular complexity index is 631. The lowest BCUT2D eigenvalue weighted by Gasteiger charge is -2.12. The first kappa shape index (κ1) is 16.2. The first-order chi connectivity index (χ1) is 10.5. The Morgan fingerprint density at radius 1 is 0.909 bits per heavy atom. The van der Waals surface area contributed by atoms with E-state index < -0.39 is 0 Å². The summed E-state index contributed by atoms with van der Waals surface area (Å²) in [6.07, 6.45) is 5.58. The van der Waals surface area contributed by atoms with Crippen LogP contribution in [0, 0.1) is 13.8 Å². The fourth-order valence-corrected chi connectivity index (χ4v) is 2.50.